The maximum absolute atomic E-state index is 11.8. The van der Waals surface area contributed by atoms with E-state index in [9.17, 15) is 9.59 Å². The lowest BCUT2D eigenvalue weighted by Crippen LogP contribution is -2.29. The lowest BCUT2D eigenvalue weighted by molar-refractivity contribution is -0.141. The van der Waals surface area contributed by atoms with Crippen molar-refractivity contribution in [2.45, 2.75) is 32.1 Å². The first-order valence-corrected chi connectivity index (χ1v) is 6.11. The topological polar surface area (TPSA) is 46.6 Å². The Bertz CT molecular complexity index is 299. The summed E-state index contributed by atoms with van der Waals surface area (Å²) in [6.45, 7) is 0.615. The van der Waals surface area contributed by atoms with Crippen molar-refractivity contribution in [3.05, 3.63) is 12.2 Å². The first kappa shape index (κ1) is 13.7. The van der Waals surface area contributed by atoms with Gasteiger partial charge in [0.15, 0.2) is 0 Å². The number of amides is 1. The van der Waals surface area contributed by atoms with E-state index in [1.165, 1.54) is 7.11 Å². The van der Waals surface area contributed by atoms with Gasteiger partial charge >= 0.3 is 5.97 Å². The number of allylic oxidation sites excluding steroid dienone is 2. The molecule has 0 spiro atoms. The van der Waals surface area contributed by atoms with Gasteiger partial charge in [-0.15, -0.1) is 0 Å². The second kappa shape index (κ2) is 7.09. The van der Waals surface area contributed by atoms with Crippen LogP contribution in [0.2, 0.25) is 0 Å². The number of hydrogen-bond acceptors (Lipinski definition) is 3. The smallest absolute Gasteiger partial charge is 0.305 e. The van der Waals surface area contributed by atoms with Gasteiger partial charge in [-0.2, -0.15) is 0 Å². The van der Waals surface area contributed by atoms with Crippen molar-refractivity contribution >= 4 is 11.9 Å². The van der Waals surface area contributed by atoms with Crippen molar-refractivity contribution in [1.29, 1.82) is 0 Å². The number of hydrogen-bond donors (Lipinski definition) is 0. The van der Waals surface area contributed by atoms with E-state index in [2.05, 4.69) is 16.9 Å². The maximum atomic E-state index is 11.8. The molecule has 0 N–H and O–H groups in total. The molecule has 0 aromatic heterocycles. The summed E-state index contributed by atoms with van der Waals surface area (Å²) in [5.74, 6) is 0.349. The average Bonchev–Trinajstić information content (AvgIpc) is 2.81. The molecule has 0 heterocycles. The van der Waals surface area contributed by atoms with E-state index in [0.29, 0.717) is 31.7 Å². The monoisotopic (exact) mass is 239 g/mol. The zero-order chi connectivity index (χ0) is 12.7. The molecule has 4 nitrogen and oxygen atoms in total. The lowest BCUT2D eigenvalue weighted by Gasteiger charge is -2.18. The Balaban J connectivity index is 2.17. The molecule has 1 atom stereocenters. The largest absolute Gasteiger partial charge is 0.469 e. The minimum atomic E-state index is -0.218. The molecule has 1 aliphatic rings. The highest BCUT2D eigenvalue weighted by atomic mass is 16.5. The molecule has 1 rings (SSSR count). The fourth-order valence-electron chi connectivity index (χ4n) is 1.93. The number of carbonyl (C=O) groups excluding carboxylic acids is 2. The van der Waals surface area contributed by atoms with Crippen molar-refractivity contribution < 1.29 is 14.3 Å². The second-order valence-corrected chi connectivity index (χ2v) is 4.46. The van der Waals surface area contributed by atoms with Gasteiger partial charge in [-0.05, 0) is 25.2 Å². The van der Waals surface area contributed by atoms with Crippen LogP contribution >= 0.6 is 0 Å². The van der Waals surface area contributed by atoms with Crippen molar-refractivity contribution in [2.24, 2.45) is 5.92 Å². The third kappa shape index (κ3) is 5.02. The van der Waals surface area contributed by atoms with E-state index in [1.54, 1.807) is 11.9 Å². The van der Waals surface area contributed by atoms with E-state index < -0.39 is 0 Å². The van der Waals surface area contributed by atoms with Crippen LogP contribution in [-0.2, 0) is 14.3 Å². The van der Waals surface area contributed by atoms with Crippen molar-refractivity contribution in [2.75, 3.05) is 20.7 Å². The molecule has 0 aromatic carbocycles. The minimum absolute atomic E-state index is 0.159. The lowest BCUT2D eigenvalue weighted by atomic mass is 10.0. The Morgan fingerprint density at radius 2 is 2.24 bits per heavy atom. The summed E-state index contributed by atoms with van der Waals surface area (Å²) in [5, 5.41) is 0. The van der Waals surface area contributed by atoms with Crippen LogP contribution in [0.4, 0.5) is 0 Å². The van der Waals surface area contributed by atoms with Crippen LogP contribution in [0.1, 0.15) is 32.1 Å². The van der Waals surface area contributed by atoms with Gasteiger partial charge in [-0.3, -0.25) is 9.59 Å². The summed E-state index contributed by atoms with van der Waals surface area (Å²) in [6.07, 6.45) is 8.05. The number of carbonyl (C=O) groups is 2. The van der Waals surface area contributed by atoms with E-state index in [0.717, 1.165) is 12.8 Å². The van der Waals surface area contributed by atoms with E-state index in [4.69, 9.17) is 0 Å². The van der Waals surface area contributed by atoms with Crippen LogP contribution < -0.4 is 0 Å². The van der Waals surface area contributed by atoms with E-state index in [1.807, 2.05) is 0 Å². The highest BCUT2D eigenvalue weighted by Gasteiger charge is 2.16. The number of ether oxygens (including phenoxy) is 1. The normalized spacial score (nSPS) is 18.1. The van der Waals surface area contributed by atoms with Crippen LogP contribution in [0.5, 0.6) is 0 Å². The van der Waals surface area contributed by atoms with Crippen LogP contribution in [0.15, 0.2) is 12.2 Å². The second-order valence-electron chi connectivity index (χ2n) is 4.46. The molecule has 0 saturated heterocycles. The number of methoxy groups -OCH3 is 1. The molecule has 4 heteroatoms. The summed E-state index contributed by atoms with van der Waals surface area (Å²) < 4.78 is 4.55. The van der Waals surface area contributed by atoms with Gasteiger partial charge in [0.05, 0.1) is 7.11 Å². The molecule has 0 aliphatic heterocycles. The van der Waals surface area contributed by atoms with Crippen LogP contribution in [-0.4, -0.2) is 37.5 Å². The molecule has 1 aliphatic carbocycles. The summed E-state index contributed by atoms with van der Waals surface area (Å²) >= 11 is 0. The standard InChI is InChI=1S/C13H21NO3/c1-14(9-5-8-13(16)17-2)12(15)10-11-6-3-4-7-11/h3,6,11H,4-5,7-10H2,1-2H3. The fourth-order valence-corrected chi connectivity index (χ4v) is 1.93. The van der Waals surface area contributed by atoms with E-state index >= 15 is 0 Å². The molecule has 1 unspecified atom stereocenters. The van der Waals surface area contributed by atoms with Gasteiger partial charge in [-0.25, -0.2) is 0 Å². The zero-order valence-electron chi connectivity index (χ0n) is 10.6. The predicted molar refractivity (Wildman–Crippen MR) is 65.4 cm³/mol. The predicted octanol–water partition coefficient (Wildman–Crippen LogP) is 1.75. The zero-order valence-corrected chi connectivity index (χ0v) is 10.6. The molecule has 0 saturated carbocycles. The van der Waals surface area contributed by atoms with Crippen LogP contribution in [0, 0.1) is 5.92 Å². The van der Waals surface area contributed by atoms with Gasteiger partial charge < -0.3 is 9.64 Å². The molecule has 96 valence electrons. The molecule has 0 aromatic rings. The van der Waals surface area contributed by atoms with Gasteiger partial charge in [0.1, 0.15) is 0 Å². The SMILES string of the molecule is COC(=O)CCCN(C)C(=O)CC1C=CCC1. The Morgan fingerprint density at radius 3 is 2.82 bits per heavy atom. The summed E-state index contributed by atoms with van der Waals surface area (Å²) in [6, 6.07) is 0. The Labute approximate surface area is 103 Å². The maximum Gasteiger partial charge on any atom is 0.305 e. The third-order valence-corrected chi connectivity index (χ3v) is 3.08. The molecule has 0 fully saturated rings. The molecule has 0 bridgehead atoms. The summed E-state index contributed by atoms with van der Waals surface area (Å²) in [7, 11) is 3.17. The first-order valence-electron chi connectivity index (χ1n) is 6.11. The van der Waals surface area contributed by atoms with Crippen molar-refractivity contribution in [3.8, 4) is 0 Å². The van der Waals surface area contributed by atoms with E-state index in [-0.39, 0.29) is 11.9 Å². The highest BCUT2D eigenvalue weighted by molar-refractivity contribution is 5.76. The van der Waals surface area contributed by atoms with Gasteiger partial charge in [0.2, 0.25) is 5.91 Å². The number of nitrogens with zero attached hydrogens (tertiary/aromatic N) is 1. The van der Waals surface area contributed by atoms with Gasteiger partial charge in [-0.1, -0.05) is 12.2 Å². The highest BCUT2D eigenvalue weighted by Crippen LogP contribution is 2.20. The first-order chi connectivity index (χ1) is 8.13. The molecule has 1 amide bonds. The molecular formula is C13H21NO3. The average molecular weight is 239 g/mol. The molecule has 17 heavy (non-hydrogen) atoms. The number of rotatable bonds is 6. The van der Waals surface area contributed by atoms with Gasteiger partial charge in [0, 0.05) is 26.4 Å². The fraction of sp³-hybridized carbons (Fsp3) is 0.692. The quantitative estimate of drug-likeness (QED) is 0.524. The van der Waals surface area contributed by atoms with Crippen LogP contribution in [0.3, 0.4) is 0 Å². The number of esters is 1. The molecular weight excluding hydrogens is 218 g/mol. The Hall–Kier alpha value is -1.32. The third-order valence-electron chi connectivity index (χ3n) is 3.08. The minimum Gasteiger partial charge on any atom is -0.469 e. The van der Waals surface area contributed by atoms with Crippen LogP contribution in [0.25, 0.3) is 0 Å². The van der Waals surface area contributed by atoms with Crippen molar-refractivity contribution in [1.82, 2.24) is 4.90 Å². The summed E-state index contributed by atoms with van der Waals surface area (Å²) in [5.41, 5.74) is 0. The summed E-state index contributed by atoms with van der Waals surface area (Å²) in [4.78, 5) is 24.4. The van der Waals surface area contributed by atoms with Gasteiger partial charge in [0.25, 0.3) is 0 Å². The molecule has 0 radical (unpaired) electrons. The Morgan fingerprint density at radius 1 is 1.47 bits per heavy atom. The van der Waals surface area contributed by atoms with Crippen molar-refractivity contribution in [3.63, 3.8) is 0 Å². The Kier molecular flexibility index (Phi) is 5.73.